The third kappa shape index (κ3) is 15.2. The number of hydrogen-bond acceptors (Lipinski definition) is 15. The molecule has 0 heterocycles. The maximum atomic E-state index is 12.9. The third-order valence-electron chi connectivity index (χ3n) is 11.8. The molecule has 18 nitrogen and oxygen atoms in total. The van der Waals surface area contributed by atoms with Gasteiger partial charge in [-0.3, -0.25) is 13.7 Å². The van der Waals surface area contributed by atoms with Crippen molar-refractivity contribution < 1.29 is 59.0 Å². The van der Waals surface area contributed by atoms with E-state index in [-0.39, 0.29) is 57.4 Å². The van der Waals surface area contributed by atoms with E-state index in [9.17, 15) is 54.2 Å². The van der Waals surface area contributed by atoms with Crippen LogP contribution >= 0.6 is 0 Å². The molecule has 5 aromatic carbocycles. The largest absolute Gasteiger partial charge is 0.505 e. The second-order valence-electron chi connectivity index (χ2n) is 17.2. The summed E-state index contributed by atoms with van der Waals surface area (Å²) in [6.07, 6.45) is 12.5. The predicted octanol–water partition coefficient (Wildman–Crippen LogP) is 11.6. The Morgan fingerprint density at radius 3 is 1.71 bits per heavy atom. The van der Waals surface area contributed by atoms with Crippen LogP contribution in [-0.2, 0) is 30.4 Å². The number of phenolic OH excluding ortho intramolecular Hbond substituents is 1. The van der Waals surface area contributed by atoms with Crippen molar-refractivity contribution in [3.8, 4) is 11.5 Å². The molecule has 0 saturated heterocycles. The summed E-state index contributed by atoms with van der Waals surface area (Å²) in [7, 11) is -13.5. The summed E-state index contributed by atoms with van der Waals surface area (Å²) in [5.41, 5.74) is 0.325. The van der Waals surface area contributed by atoms with E-state index in [2.05, 4.69) is 34.3 Å². The van der Waals surface area contributed by atoms with Crippen molar-refractivity contribution in [1.29, 1.82) is 0 Å². The van der Waals surface area contributed by atoms with Crippen molar-refractivity contribution in [3.05, 3.63) is 72.3 Å². The van der Waals surface area contributed by atoms with Gasteiger partial charge in [0.1, 0.15) is 31.8 Å². The van der Waals surface area contributed by atoms with E-state index in [4.69, 9.17) is 4.74 Å². The molecule has 2 unspecified atom stereocenters. The maximum absolute atomic E-state index is 12.9. The van der Waals surface area contributed by atoms with Gasteiger partial charge in [-0.2, -0.15) is 35.5 Å². The van der Waals surface area contributed by atoms with Crippen molar-refractivity contribution in [3.63, 3.8) is 0 Å². The predicted molar refractivity (Wildman–Crippen MR) is 265 cm³/mol. The number of rotatable bonds is 27. The quantitative estimate of drug-likeness (QED) is 0.0162. The monoisotopic (exact) mass is 1010 g/mol. The Labute approximate surface area is 404 Å². The van der Waals surface area contributed by atoms with Gasteiger partial charge in [0.2, 0.25) is 0 Å². The summed E-state index contributed by atoms with van der Waals surface area (Å²) in [6.45, 7) is 6.31. The molecule has 0 aliphatic carbocycles. The Morgan fingerprint density at radius 1 is 0.580 bits per heavy atom. The van der Waals surface area contributed by atoms with Crippen LogP contribution in [-0.4, -0.2) is 86.6 Å². The lowest BCUT2D eigenvalue weighted by Crippen LogP contribution is -2.38. The fraction of sp³-hybridized carbons (Fsp3) is 0.458. The van der Waals surface area contributed by atoms with E-state index < -0.39 is 68.7 Å². The van der Waals surface area contributed by atoms with Crippen LogP contribution in [0.5, 0.6) is 11.5 Å². The lowest BCUT2D eigenvalue weighted by atomic mass is 10.0. The fourth-order valence-corrected chi connectivity index (χ4v) is 10.2. The molecule has 69 heavy (non-hydrogen) atoms. The number of nitrogens with zero attached hydrogens (tertiary/aromatic N) is 5. The van der Waals surface area contributed by atoms with E-state index in [1.165, 1.54) is 44.2 Å². The van der Waals surface area contributed by atoms with Gasteiger partial charge >= 0.3 is 0 Å². The number of unbranched alkanes of at least 4 members (excludes halogenated alkanes) is 10. The molecule has 5 aromatic rings. The molecule has 0 aliphatic rings. The minimum Gasteiger partial charge on any atom is -0.505 e. The molecule has 0 aliphatic heterocycles. The summed E-state index contributed by atoms with van der Waals surface area (Å²) in [4.78, 5) is -0.202. The minimum absolute atomic E-state index is 0.0249. The highest BCUT2D eigenvalue weighted by Gasteiger charge is 2.25. The van der Waals surface area contributed by atoms with E-state index in [1.807, 2.05) is 4.90 Å². The summed E-state index contributed by atoms with van der Waals surface area (Å²) >= 11 is 0. The lowest BCUT2D eigenvalue weighted by Gasteiger charge is -2.30. The topological polar surface area (TPSA) is 286 Å². The van der Waals surface area contributed by atoms with Crippen LogP contribution in [0.15, 0.2) is 102 Å². The normalized spacial score (nSPS) is 13.5. The van der Waals surface area contributed by atoms with Gasteiger partial charge in [0.05, 0.1) is 30.7 Å². The number of fused-ring (bicyclic) bond motifs is 2. The highest BCUT2D eigenvalue weighted by Crippen LogP contribution is 2.44. The highest BCUT2D eigenvalue weighted by molar-refractivity contribution is 7.86. The van der Waals surface area contributed by atoms with E-state index >= 15 is 0 Å². The van der Waals surface area contributed by atoms with Gasteiger partial charge in [-0.1, -0.05) is 103 Å². The molecule has 2 atom stereocenters. The number of methoxy groups -OCH3 is 1. The number of aromatic hydroxyl groups is 1. The van der Waals surface area contributed by atoms with E-state index in [1.54, 1.807) is 25.1 Å². The van der Waals surface area contributed by atoms with Crippen molar-refractivity contribution in [2.24, 2.45) is 20.5 Å². The first-order valence-corrected chi connectivity index (χ1v) is 27.4. The number of azo groups is 2. The van der Waals surface area contributed by atoms with Crippen LogP contribution in [0.1, 0.15) is 109 Å². The Morgan fingerprint density at radius 2 is 1.14 bits per heavy atom. The van der Waals surface area contributed by atoms with Crippen LogP contribution in [0, 0.1) is 6.92 Å². The van der Waals surface area contributed by atoms with Crippen molar-refractivity contribution >= 4 is 80.3 Å². The number of aliphatic hydroxyl groups excluding tert-OH is 2. The first-order valence-electron chi connectivity index (χ1n) is 23.1. The maximum Gasteiger partial charge on any atom is 0.296 e. The third-order valence-corrected chi connectivity index (χ3v) is 14.5. The van der Waals surface area contributed by atoms with Crippen molar-refractivity contribution in [1.82, 2.24) is 0 Å². The van der Waals surface area contributed by atoms with Crippen LogP contribution in [0.2, 0.25) is 0 Å². The summed E-state index contributed by atoms with van der Waals surface area (Å²) in [5, 5.41) is 50.3. The van der Waals surface area contributed by atoms with Crippen LogP contribution in [0.3, 0.4) is 0 Å². The molecular weight excluding hydrogens is 951 g/mol. The molecule has 0 radical (unpaired) electrons. The zero-order valence-corrected chi connectivity index (χ0v) is 41.8. The summed E-state index contributed by atoms with van der Waals surface area (Å²) in [5.74, 6) is -0.578. The smallest absolute Gasteiger partial charge is 0.296 e. The second-order valence-corrected chi connectivity index (χ2v) is 21.4. The SMILES string of the molecule is CCCCCCCCC(O)CN(CC(O)CCCCCCCC)c1ccc2c(O)c(N=Nc3cc(C)c(N=Nc4cc(S(=O)(=O)O)c5cccc(S(=O)(=O)O)c5c4)cc3OC)c(S(=O)(=O)O)cc2c1. The second kappa shape index (κ2) is 24.6. The Balaban J connectivity index is 1.46. The molecular formula is C48H63N5O13S3. The van der Waals surface area contributed by atoms with E-state index in [0.29, 0.717) is 24.1 Å². The standard InChI is InChI=1S/C48H63N5O13S3/c1-5-7-9-11-13-15-18-36(54)30-53(31-37(55)19-16-14-12-10-8-6-2)35-22-23-38-33(25-35)26-46(69(63,64)65)47(48(38)56)52-51-42-24-32(3)41(29-43(42)66-4)50-49-34-27-40-39(45(28-34)68(60,61)62)20-17-21-44(40)67(57,58)59/h17,20-29,36-37,54-56H,5-16,18-19,30-31H2,1-4H3,(H,57,58,59)(H,60,61,62)(H,63,64,65). The van der Waals surface area contributed by atoms with Crippen molar-refractivity contribution in [2.75, 3.05) is 25.1 Å². The number of benzene rings is 5. The highest BCUT2D eigenvalue weighted by atomic mass is 32.2. The first-order chi connectivity index (χ1) is 32.7. The number of hydrogen-bond donors (Lipinski definition) is 6. The summed E-state index contributed by atoms with van der Waals surface area (Å²) in [6, 6.07) is 14.5. The minimum atomic E-state index is -5.03. The molecule has 5 rings (SSSR count). The Bertz CT molecular complexity index is 2960. The summed E-state index contributed by atoms with van der Waals surface area (Å²) < 4.78 is 110. The Kier molecular flexibility index (Phi) is 19.6. The average Bonchev–Trinajstić information content (AvgIpc) is 3.28. The average molecular weight is 1010 g/mol. The van der Waals surface area contributed by atoms with Gasteiger partial charge in [-0.05, 0) is 79.2 Å². The first kappa shape index (κ1) is 54.8. The van der Waals surface area contributed by atoms with Gasteiger partial charge in [0, 0.05) is 41.0 Å². The molecule has 0 amide bonds. The molecule has 376 valence electrons. The van der Waals surface area contributed by atoms with E-state index in [0.717, 1.165) is 88.5 Å². The zero-order valence-electron chi connectivity index (χ0n) is 39.3. The number of aliphatic hydroxyl groups is 2. The van der Waals surface area contributed by atoms with Crippen molar-refractivity contribution in [2.45, 2.75) is 138 Å². The number of phenols is 1. The number of ether oxygens (including phenoxy) is 1. The Hall–Kier alpha value is -5.13. The zero-order chi connectivity index (χ0) is 50.5. The van der Waals surface area contributed by atoms with Gasteiger partial charge in [0.15, 0.2) is 5.75 Å². The number of aryl methyl sites for hydroxylation is 1. The molecule has 0 aromatic heterocycles. The van der Waals surface area contributed by atoms with Gasteiger partial charge < -0.3 is 25.0 Å². The van der Waals surface area contributed by atoms with Crippen LogP contribution in [0.4, 0.5) is 28.4 Å². The molecule has 0 saturated carbocycles. The molecule has 0 fully saturated rings. The van der Waals surface area contributed by atoms with Gasteiger partial charge in [-0.15, -0.1) is 10.2 Å². The molecule has 6 N–H and O–H groups in total. The lowest BCUT2D eigenvalue weighted by molar-refractivity contribution is 0.145. The molecule has 21 heteroatoms. The van der Waals surface area contributed by atoms with Gasteiger partial charge in [0.25, 0.3) is 30.4 Å². The van der Waals surface area contributed by atoms with Crippen LogP contribution < -0.4 is 9.64 Å². The number of anilines is 1. The fourth-order valence-electron chi connectivity index (χ4n) is 8.16. The van der Waals surface area contributed by atoms with Gasteiger partial charge in [-0.25, -0.2) is 0 Å². The molecule has 0 bridgehead atoms. The van der Waals surface area contributed by atoms with Crippen LogP contribution in [0.25, 0.3) is 21.5 Å². The molecule has 0 spiro atoms.